The van der Waals surface area contributed by atoms with Crippen LogP contribution in [0.5, 0.6) is 0 Å². The minimum Gasteiger partial charge on any atom is -0.465 e. The Hall–Kier alpha value is -2.27. The molecule has 1 heterocycles. The van der Waals surface area contributed by atoms with Gasteiger partial charge in [0.05, 0.1) is 18.6 Å². The highest BCUT2D eigenvalue weighted by atomic mass is 32.1. The minimum absolute atomic E-state index is 0.0136. The second-order valence-electron chi connectivity index (χ2n) is 7.44. The summed E-state index contributed by atoms with van der Waals surface area (Å²) in [7, 11) is 1.35. The number of aldehydes is 1. The van der Waals surface area contributed by atoms with Gasteiger partial charge in [0.2, 0.25) is 0 Å². The lowest BCUT2D eigenvalue weighted by atomic mass is 9.82. The monoisotopic (exact) mass is 400 g/mol. The van der Waals surface area contributed by atoms with Crippen LogP contribution in [0.1, 0.15) is 60.3 Å². The highest BCUT2D eigenvalue weighted by molar-refractivity contribution is 7.15. The van der Waals surface area contributed by atoms with Crippen LogP contribution in [0.3, 0.4) is 0 Å². The predicted octanol–water partition coefficient (Wildman–Crippen LogP) is 5.43. The fraction of sp³-hybridized carbons (Fsp3) is 0.435. The lowest BCUT2D eigenvalue weighted by molar-refractivity contribution is -0.128. The first-order valence-electron chi connectivity index (χ1n) is 9.60. The Kier molecular flexibility index (Phi) is 7.69. The summed E-state index contributed by atoms with van der Waals surface area (Å²) in [5.74, 6) is -0.773. The van der Waals surface area contributed by atoms with Gasteiger partial charge in [-0.05, 0) is 55.0 Å². The molecule has 0 saturated carbocycles. The number of Topliss-reactive ketones (excluding diaryl/α,β-unsaturated/α-hetero) is 1. The zero-order valence-electron chi connectivity index (χ0n) is 17.2. The van der Waals surface area contributed by atoms with Crippen molar-refractivity contribution in [3.05, 3.63) is 46.3 Å². The van der Waals surface area contributed by atoms with E-state index in [1.54, 1.807) is 23.5 Å². The first-order chi connectivity index (χ1) is 13.3. The standard InChI is InChI=1S/C23H28O4S/c1-6-16(11-14(2)3)22(25)20(13-24)19-12-21(28-15(19)4)17-7-9-18(10-8-17)23(26)27-5/h7-10,12-14,16,20H,6,11H2,1-5H3/t16-,20?/m1/s1. The number of rotatable bonds is 9. The number of ether oxygens (including phenoxy) is 1. The van der Waals surface area contributed by atoms with Crippen LogP contribution < -0.4 is 0 Å². The van der Waals surface area contributed by atoms with E-state index in [-0.39, 0.29) is 17.7 Å². The summed E-state index contributed by atoms with van der Waals surface area (Å²) < 4.78 is 4.73. The molecule has 0 bridgehead atoms. The topological polar surface area (TPSA) is 60.4 Å². The van der Waals surface area contributed by atoms with Crippen molar-refractivity contribution in [3.8, 4) is 10.4 Å². The van der Waals surface area contributed by atoms with Gasteiger partial charge in [-0.3, -0.25) is 4.79 Å². The summed E-state index contributed by atoms with van der Waals surface area (Å²) in [5.41, 5.74) is 2.22. The quantitative estimate of drug-likeness (QED) is 0.320. The van der Waals surface area contributed by atoms with Crippen LogP contribution in [0, 0.1) is 18.8 Å². The Morgan fingerprint density at radius 2 is 1.82 bits per heavy atom. The van der Waals surface area contributed by atoms with Crippen molar-refractivity contribution in [3.63, 3.8) is 0 Å². The number of aryl methyl sites for hydroxylation is 1. The van der Waals surface area contributed by atoms with Crippen molar-refractivity contribution in [1.29, 1.82) is 0 Å². The van der Waals surface area contributed by atoms with Crippen LogP contribution in [-0.4, -0.2) is 25.1 Å². The molecule has 5 heteroatoms. The van der Waals surface area contributed by atoms with Gasteiger partial charge in [0, 0.05) is 15.7 Å². The summed E-state index contributed by atoms with van der Waals surface area (Å²) in [5, 5.41) is 0. The average molecular weight is 401 g/mol. The molecule has 0 radical (unpaired) electrons. The van der Waals surface area contributed by atoms with E-state index in [9.17, 15) is 14.4 Å². The normalized spacial score (nSPS) is 13.2. The Labute approximate surface area is 170 Å². The Morgan fingerprint density at radius 1 is 1.18 bits per heavy atom. The van der Waals surface area contributed by atoms with E-state index in [0.717, 1.165) is 40.0 Å². The second-order valence-corrected chi connectivity index (χ2v) is 8.70. The fourth-order valence-electron chi connectivity index (χ4n) is 3.44. The van der Waals surface area contributed by atoms with Crippen LogP contribution in [0.15, 0.2) is 30.3 Å². The molecule has 0 aliphatic heterocycles. The van der Waals surface area contributed by atoms with E-state index < -0.39 is 5.92 Å². The van der Waals surface area contributed by atoms with Crippen molar-refractivity contribution < 1.29 is 19.1 Å². The molecule has 2 atom stereocenters. The third kappa shape index (κ3) is 4.96. The second kappa shape index (κ2) is 9.78. The smallest absolute Gasteiger partial charge is 0.337 e. The molecular weight excluding hydrogens is 372 g/mol. The Morgan fingerprint density at radius 3 is 2.32 bits per heavy atom. The van der Waals surface area contributed by atoms with E-state index in [4.69, 9.17) is 4.74 Å². The first-order valence-corrected chi connectivity index (χ1v) is 10.4. The van der Waals surface area contributed by atoms with Crippen molar-refractivity contribution in [2.75, 3.05) is 7.11 Å². The molecular formula is C23H28O4S. The van der Waals surface area contributed by atoms with Gasteiger partial charge in [0.25, 0.3) is 0 Å². The van der Waals surface area contributed by atoms with Gasteiger partial charge in [-0.1, -0.05) is 32.9 Å². The molecule has 4 nitrogen and oxygen atoms in total. The Balaban J connectivity index is 2.32. The number of methoxy groups -OCH3 is 1. The van der Waals surface area contributed by atoms with Gasteiger partial charge in [-0.15, -0.1) is 11.3 Å². The molecule has 1 aromatic heterocycles. The van der Waals surface area contributed by atoms with Gasteiger partial charge in [-0.25, -0.2) is 4.79 Å². The molecule has 0 aliphatic rings. The van der Waals surface area contributed by atoms with Crippen LogP contribution in [0.4, 0.5) is 0 Å². The third-order valence-corrected chi connectivity index (χ3v) is 6.09. The molecule has 0 aliphatic carbocycles. The maximum atomic E-state index is 13.0. The number of ketones is 1. The van der Waals surface area contributed by atoms with Gasteiger partial charge >= 0.3 is 5.97 Å². The van der Waals surface area contributed by atoms with Crippen LogP contribution in [0.2, 0.25) is 0 Å². The number of benzene rings is 1. The largest absolute Gasteiger partial charge is 0.465 e. The number of thiophene rings is 1. The highest BCUT2D eigenvalue weighted by Gasteiger charge is 2.29. The predicted molar refractivity (Wildman–Crippen MR) is 113 cm³/mol. The number of hydrogen-bond donors (Lipinski definition) is 0. The maximum Gasteiger partial charge on any atom is 0.337 e. The minimum atomic E-state index is -0.719. The summed E-state index contributed by atoms with van der Waals surface area (Å²) >= 11 is 1.55. The number of carbonyl (C=O) groups excluding carboxylic acids is 3. The number of carbonyl (C=O) groups is 3. The van der Waals surface area contributed by atoms with E-state index in [2.05, 4.69) is 13.8 Å². The Bertz CT molecular complexity index is 833. The molecule has 0 fully saturated rings. The third-order valence-electron chi connectivity index (χ3n) is 4.98. The van der Waals surface area contributed by atoms with Crippen LogP contribution in [0.25, 0.3) is 10.4 Å². The van der Waals surface area contributed by atoms with Gasteiger partial charge in [-0.2, -0.15) is 0 Å². The van der Waals surface area contributed by atoms with Crippen LogP contribution >= 0.6 is 11.3 Å². The van der Waals surface area contributed by atoms with E-state index >= 15 is 0 Å². The van der Waals surface area contributed by atoms with Crippen molar-refractivity contribution >= 4 is 29.4 Å². The molecule has 0 N–H and O–H groups in total. The highest BCUT2D eigenvalue weighted by Crippen LogP contribution is 2.36. The first kappa shape index (κ1) is 22.0. The summed E-state index contributed by atoms with van der Waals surface area (Å²) in [4.78, 5) is 38.4. The molecule has 2 rings (SSSR count). The van der Waals surface area contributed by atoms with E-state index in [1.165, 1.54) is 7.11 Å². The number of hydrogen-bond acceptors (Lipinski definition) is 5. The van der Waals surface area contributed by atoms with Gasteiger partial charge in [0.1, 0.15) is 6.29 Å². The SMILES string of the molecule is CC[C@H](CC(C)C)C(=O)C(C=O)c1cc(-c2ccc(C(=O)OC)cc2)sc1C. The van der Waals surface area contributed by atoms with Crippen molar-refractivity contribution in [1.82, 2.24) is 0 Å². The molecule has 0 amide bonds. The summed E-state index contributed by atoms with van der Waals surface area (Å²) in [6.07, 6.45) is 2.32. The van der Waals surface area contributed by atoms with Gasteiger partial charge in [0.15, 0.2) is 5.78 Å². The lowest BCUT2D eigenvalue weighted by Gasteiger charge is -2.19. The average Bonchev–Trinajstić information content (AvgIpc) is 3.07. The molecule has 0 saturated heterocycles. The van der Waals surface area contributed by atoms with E-state index in [1.807, 2.05) is 32.0 Å². The zero-order valence-corrected chi connectivity index (χ0v) is 18.0. The molecule has 1 unspecified atom stereocenters. The van der Waals surface area contributed by atoms with Crippen molar-refractivity contribution in [2.45, 2.75) is 46.5 Å². The summed E-state index contributed by atoms with van der Waals surface area (Å²) in [6, 6.07) is 9.08. The molecule has 1 aromatic carbocycles. The maximum absolute atomic E-state index is 13.0. The number of esters is 1. The summed E-state index contributed by atoms with van der Waals surface area (Å²) in [6.45, 7) is 8.14. The lowest BCUT2D eigenvalue weighted by Crippen LogP contribution is -2.24. The van der Waals surface area contributed by atoms with Crippen LogP contribution in [-0.2, 0) is 14.3 Å². The molecule has 2 aromatic rings. The van der Waals surface area contributed by atoms with Gasteiger partial charge < -0.3 is 9.53 Å². The zero-order chi connectivity index (χ0) is 20.8. The van der Waals surface area contributed by atoms with Crippen molar-refractivity contribution in [2.24, 2.45) is 11.8 Å². The fourth-order valence-corrected chi connectivity index (χ4v) is 4.51. The molecule has 28 heavy (non-hydrogen) atoms. The molecule has 0 spiro atoms. The molecule has 150 valence electrons. The van der Waals surface area contributed by atoms with E-state index in [0.29, 0.717) is 11.5 Å².